The number of aliphatic carboxylic acids is 1. The highest BCUT2D eigenvalue weighted by Crippen LogP contribution is 2.33. The van der Waals surface area contributed by atoms with E-state index in [0.717, 1.165) is 32.1 Å². The Morgan fingerprint density at radius 1 is 1.35 bits per heavy atom. The van der Waals surface area contributed by atoms with Crippen LogP contribution in [0.15, 0.2) is 18.5 Å². The number of rotatable bonds is 4. The lowest BCUT2D eigenvalue weighted by Crippen LogP contribution is -2.46. The molecule has 20 heavy (non-hydrogen) atoms. The molecular weight excluding hydrogens is 259 g/mol. The van der Waals surface area contributed by atoms with Crippen LogP contribution in [-0.2, 0) is 10.3 Å². The third kappa shape index (κ3) is 3.33. The normalized spacial score (nSPS) is 20.1. The second-order valence-electron chi connectivity index (χ2n) is 5.64. The molecule has 0 bridgehead atoms. The van der Waals surface area contributed by atoms with Crippen molar-refractivity contribution in [1.82, 2.24) is 9.88 Å². The van der Waals surface area contributed by atoms with Crippen molar-refractivity contribution in [3.8, 4) is 0 Å². The van der Waals surface area contributed by atoms with Gasteiger partial charge in [0, 0.05) is 6.20 Å². The number of halogens is 1. The van der Waals surface area contributed by atoms with E-state index in [1.807, 2.05) is 6.92 Å². The van der Waals surface area contributed by atoms with Gasteiger partial charge in [-0.25, -0.2) is 4.39 Å². The van der Waals surface area contributed by atoms with Crippen LogP contribution in [-0.4, -0.2) is 34.0 Å². The first-order valence-electron chi connectivity index (χ1n) is 7.10. The van der Waals surface area contributed by atoms with Crippen LogP contribution in [0.1, 0.15) is 44.6 Å². The zero-order valence-electron chi connectivity index (χ0n) is 11.8. The molecule has 2 rings (SSSR count). The van der Waals surface area contributed by atoms with Crippen LogP contribution in [0.3, 0.4) is 0 Å². The standard InChI is InChI=1S/C15H21FN2O2/c1-15(9-14(19)20,12-8-13(16)11-17-10-12)18-6-4-2-3-5-7-18/h8,10-11H,2-7,9H2,1H3,(H,19,20). The Balaban J connectivity index is 2.35. The summed E-state index contributed by atoms with van der Waals surface area (Å²) in [5.74, 6) is -1.30. The Labute approximate surface area is 118 Å². The van der Waals surface area contributed by atoms with Crippen LogP contribution >= 0.6 is 0 Å². The highest BCUT2D eigenvalue weighted by atomic mass is 19.1. The van der Waals surface area contributed by atoms with Crippen molar-refractivity contribution in [2.45, 2.75) is 44.6 Å². The Hall–Kier alpha value is -1.49. The van der Waals surface area contributed by atoms with Crippen LogP contribution in [0.5, 0.6) is 0 Å². The Morgan fingerprint density at radius 2 is 2.00 bits per heavy atom. The minimum absolute atomic E-state index is 0.0435. The van der Waals surface area contributed by atoms with Gasteiger partial charge in [-0.3, -0.25) is 14.7 Å². The number of carboxylic acid groups (broad SMARTS) is 1. The van der Waals surface area contributed by atoms with Gasteiger partial charge in [0.2, 0.25) is 0 Å². The van der Waals surface area contributed by atoms with Gasteiger partial charge in [0.25, 0.3) is 0 Å². The van der Waals surface area contributed by atoms with Crippen molar-refractivity contribution in [1.29, 1.82) is 0 Å². The molecule has 0 radical (unpaired) electrons. The van der Waals surface area contributed by atoms with Crippen molar-refractivity contribution < 1.29 is 14.3 Å². The van der Waals surface area contributed by atoms with Crippen molar-refractivity contribution in [3.05, 3.63) is 29.8 Å². The number of likely N-dealkylation sites (tertiary alicyclic amines) is 1. The van der Waals surface area contributed by atoms with Gasteiger partial charge in [0.15, 0.2) is 0 Å². The third-order valence-corrected chi connectivity index (χ3v) is 4.13. The zero-order chi connectivity index (χ0) is 14.6. The van der Waals surface area contributed by atoms with E-state index in [9.17, 15) is 14.3 Å². The fourth-order valence-electron chi connectivity index (χ4n) is 2.96. The van der Waals surface area contributed by atoms with Crippen molar-refractivity contribution in [2.75, 3.05) is 13.1 Å². The average molecular weight is 280 g/mol. The van der Waals surface area contributed by atoms with Gasteiger partial charge in [-0.05, 0) is 44.5 Å². The van der Waals surface area contributed by atoms with Crippen LogP contribution in [0, 0.1) is 5.82 Å². The van der Waals surface area contributed by atoms with E-state index >= 15 is 0 Å². The van der Waals surface area contributed by atoms with Crippen molar-refractivity contribution >= 4 is 5.97 Å². The van der Waals surface area contributed by atoms with E-state index in [-0.39, 0.29) is 6.42 Å². The lowest BCUT2D eigenvalue weighted by molar-refractivity contribution is -0.140. The van der Waals surface area contributed by atoms with Gasteiger partial charge < -0.3 is 5.11 Å². The first-order chi connectivity index (χ1) is 9.52. The minimum Gasteiger partial charge on any atom is -0.481 e. The molecule has 4 nitrogen and oxygen atoms in total. The van der Waals surface area contributed by atoms with Gasteiger partial charge in [-0.2, -0.15) is 0 Å². The summed E-state index contributed by atoms with van der Waals surface area (Å²) in [6, 6.07) is 1.40. The molecule has 1 aromatic rings. The Bertz CT molecular complexity index is 473. The summed E-state index contributed by atoms with van der Waals surface area (Å²) in [7, 11) is 0. The largest absolute Gasteiger partial charge is 0.481 e. The van der Waals surface area contributed by atoms with Crippen molar-refractivity contribution in [3.63, 3.8) is 0 Å². The predicted octanol–water partition coefficient (Wildman–Crippen LogP) is 2.79. The molecule has 0 spiro atoms. The summed E-state index contributed by atoms with van der Waals surface area (Å²) < 4.78 is 13.5. The average Bonchev–Trinajstić information content (AvgIpc) is 2.67. The molecule has 110 valence electrons. The molecule has 1 aliphatic rings. The SMILES string of the molecule is CC(CC(=O)O)(c1cncc(F)c1)N1CCCCCC1. The number of hydrogen-bond donors (Lipinski definition) is 1. The molecule has 0 saturated carbocycles. The molecule has 1 aliphatic heterocycles. The highest BCUT2D eigenvalue weighted by molar-refractivity contribution is 5.68. The molecule has 2 heterocycles. The minimum atomic E-state index is -0.874. The smallest absolute Gasteiger partial charge is 0.305 e. The van der Waals surface area contributed by atoms with Gasteiger partial charge in [-0.15, -0.1) is 0 Å². The maximum Gasteiger partial charge on any atom is 0.305 e. The fraction of sp³-hybridized carbons (Fsp3) is 0.600. The van der Waals surface area contributed by atoms with Crippen molar-refractivity contribution in [2.24, 2.45) is 0 Å². The van der Waals surface area contributed by atoms with Gasteiger partial charge >= 0.3 is 5.97 Å². The third-order valence-electron chi connectivity index (χ3n) is 4.13. The first-order valence-corrected chi connectivity index (χ1v) is 7.10. The van der Waals surface area contributed by atoms with E-state index in [4.69, 9.17) is 0 Å². The molecule has 5 heteroatoms. The van der Waals surface area contributed by atoms with Crippen LogP contribution < -0.4 is 0 Å². The number of aromatic nitrogens is 1. The second-order valence-corrected chi connectivity index (χ2v) is 5.64. The van der Waals surface area contributed by atoms with Gasteiger partial charge in [0.1, 0.15) is 5.82 Å². The number of pyridine rings is 1. The highest BCUT2D eigenvalue weighted by Gasteiger charge is 2.36. The molecular formula is C15H21FN2O2. The molecule has 1 N–H and O–H groups in total. The van der Waals surface area contributed by atoms with E-state index in [1.54, 1.807) is 6.20 Å². The first kappa shape index (κ1) is 14.9. The maximum absolute atomic E-state index is 13.5. The quantitative estimate of drug-likeness (QED) is 0.921. The van der Waals surface area contributed by atoms with Gasteiger partial charge in [0.05, 0.1) is 18.2 Å². The van der Waals surface area contributed by atoms with E-state index in [0.29, 0.717) is 5.56 Å². The van der Waals surface area contributed by atoms with Crippen LogP contribution in [0.4, 0.5) is 4.39 Å². The molecule has 0 aliphatic carbocycles. The lowest BCUT2D eigenvalue weighted by atomic mass is 9.87. The maximum atomic E-state index is 13.5. The number of carbonyl (C=O) groups is 1. The van der Waals surface area contributed by atoms with Crippen LogP contribution in [0.2, 0.25) is 0 Å². The Kier molecular flexibility index (Phi) is 4.70. The predicted molar refractivity (Wildman–Crippen MR) is 73.8 cm³/mol. The molecule has 1 fully saturated rings. The molecule has 1 unspecified atom stereocenters. The van der Waals surface area contributed by atoms with E-state index in [2.05, 4.69) is 9.88 Å². The summed E-state index contributed by atoms with van der Waals surface area (Å²) in [4.78, 5) is 17.3. The summed E-state index contributed by atoms with van der Waals surface area (Å²) in [6.07, 6.45) is 7.13. The van der Waals surface area contributed by atoms with E-state index in [1.165, 1.54) is 18.9 Å². The number of hydrogen-bond acceptors (Lipinski definition) is 3. The second kappa shape index (κ2) is 6.31. The Morgan fingerprint density at radius 3 is 2.55 bits per heavy atom. The zero-order valence-corrected chi connectivity index (χ0v) is 11.8. The number of carboxylic acids is 1. The van der Waals surface area contributed by atoms with Crippen LogP contribution in [0.25, 0.3) is 0 Å². The van der Waals surface area contributed by atoms with E-state index < -0.39 is 17.3 Å². The summed E-state index contributed by atoms with van der Waals surface area (Å²) >= 11 is 0. The molecule has 1 aromatic heterocycles. The lowest BCUT2D eigenvalue weighted by Gasteiger charge is -2.40. The monoisotopic (exact) mass is 280 g/mol. The fourth-order valence-corrected chi connectivity index (χ4v) is 2.96. The molecule has 1 saturated heterocycles. The molecule has 1 atom stereocenters. The summed E-state index contributed by atoms with van der Waals surface area (Å²) in [5.41, 5.74) is -0.0625. The van der Waals surface area contributed by atoms with Gasteiger partial charge in [-0.1, -0.05) is 12.8 Å². The summed E-state index contributed by atoms with van der Waals surface area (Å²) in [6.45, 7) is 3.57. The molecule has 0 aromatic carbocycles. The summed E-state index contributed by atoms with van der Waals surface area (Å²) in [5, 5.41) is 9.24. The molecule has 0 amide bonds. The topological polar surface area (TPSA) is 53.4 Å². The number of nitrogens with zero attached hydrogens (tertiary/aromatic N) is 2.